The lowest BCUT2D eigenvalue weighted by molar-refractivity contribution is -0.117. The number of rotatable bonds is 4. The topological polar surface area (TPSA) is 76.0 Å². The molecule has 6 heteroatoms. The van der Waals surface area contributed by atoms with Crippen LogP contribution in [-0.4, -0.2) is 28.6 Å². The normalized spacial score (nSPS) is 16.5. The Balaban J connectivity index is 1.63. The fourth-order valence-corrected chi connectivity index (χ4v) is 3.14. The molecule has 1 aliphatic rings. The Morgan fingerprint density at radius 2 is 2.04 bits per heavy atom. The predicted molar refractivity (Wildman–Crippen MR) is 95.9 cm³/mol. The summed E-state index contributed by atoms with van der Waals surface area (Å²) < 4.78 is 1.89. The molecule has 0 aliphatic heterocycles. The Morgan fingerprint density at radius 1 is 1.28 bits per heavy atom. The maximum absolute atomic E-state index is 12.2. The molecular formula is C19H22N4O2. The molecule has 2 amide bonds. The molecule has 1 aromatic heterocycles. The minimum absolute atomic E-state index is 0.0187. The molecule has 130 valence electrons. The van der Waals surface area contributed by atoms with Crippen LogP contribution in [0.15, 0.2) is 36.5 Å². The number of carbonyl (C=O) groups is 2. The predicted octanol–water partition coefficient (Wildman–Crippen LogP) is 1.99. The van der Waals surface area contributed by atoms with Crippen LogP contribution in [0, 0.1) is 0 Å². The number of fused-ring (bicyclic) bond motifs is 1. The Labute approximate surface area is 146 Å². The van der Waals surface area contributed by atoms with Crippen molar-refractivity contribution in [2.75, 3.05) is 7.05 Å². The molecule has 6 nitrogen and oxygen atoms in total. The number of nitrogens with one attached hydrogen (secondary N) is 2. The minimum atomic E-state index is -0.128. The second-order valence-electron chi connectivity index (χ2n) is 6.16. The highest BCUT2D eigenvalue weighted by atomic mass is 16.2. The lowest BCUT2D eigenvalue weighted by atomic mass is 9.93. The van der Waals surface area contributed by atoms with Crippen molar-refractivity contribution >= 4 is 17.9 Å². The van der Waals surface area contributed by atoms with Crippen molar-refractivity contribution in [2.45, 2.75) is 25.3 Å². The van der Waals surface area contributed by atoms with Crippen LogP contribution in [0.4, 0.5) is 0 Å². The van der Waals surface area contributed by atoms with Crippen LogP contribution in [0.25, 0.3) is 6.08 Å². The smallest absolute Gasteiger partial charge is 0.251 e. The first kappa shape index (κ1) is 17.0. The molecule has 0 spiro atoms. The summed E-state index contributed by atoms with van der Waals surface area (Å²) in [7, 11) is 3.53. The lowest BCUT2D eigenvalue weighted by Gasteiger charge is -2.23. The minimum Gasteiger partial charge on any atom is -0.355 e. The van der Waals surface area contributed by atoms with Crippen LogP contribution in [0.3, 0.4) is 0 Å². The zero-order valence-corrected chi connectivity index (χ0v) is 14.5. The number of hydrogen-bond acceptors (Lipinski definition) is 3. The van der Waals surface area contributed by atoms with E-state index in [-0.39, 0.29) is 17.9 Å². The highest BCUT2D eigenvalue weighted by Crippen LogP contribution is 2.29. The van der Waals surface area contributed by atoms with E-state index < -0.39 is 0 Å². The van der Waals surface area contributed by atoms with E-state index in [1.165, 1.54) is 11.8 Å². The summed E-state index contributed by atoms with van der Waals surface area (Å²) in [4.78, 5) is 23.7. The number of benzene rings is 1. The van der Waals surface area contributed by atoms with Crippen LogP contribution < -0.4 is 10.6 Å². The number of aromatic nitrogens is 2. The van der Waals surface area contributed by atoms with Gasteiger partial charge in [0.15, 0.2) is 0 Å². The first-order valence-electron chi connectivity index (χ1n) is 8.40. The van der Waals surface area contributed by atoms with Gasteiger partial charge in [-0.2, -0.15) is 5.10 Å². The number of nitrogens with zero attached hydrogens (tertiary/aromatic N) is 2. The molecule has 0 saturated heterocycles. The van der Waals surface area contributed by atoms with Gasteiger partial charge in [-0.1, -0.05) is 12.1 Å². The van der Waals surface area contributed by atoms with Crippen molar-refractivity contribution in [1.82, 2.24) is 20.4 Å². The van der Waals surface area contributed by atoms with E-state index >= 15 is 0 Å². The van der Waals surface area contributed by atoms with Gasteiger partial charge in [0, 0.05) is 37.0 Å². The molecule has 2 aromatic rings. The Hall–Kier alpha value is -2.89. The quantitative estimate of drug-likeness (QED) is 0.837. The molecule has 1 atom stereocenters. The number of amides is 2. The van der Waals surface area contributed by atoms with Gasteiger partial charge < -0.3 is 10.6 Å². The highest BCUT2D eigenvalue weighted by molar-refractivity contribution is 5.94. The zero-order valence-electron chi connectivity index (χ0n) is 14.5. The first-order chi connectivity index (χ1) is 12.1. The van der Waals surface area contributed by atoms with Gasteiger partial charge in [0.05, 0.1) is 12.2 Å². The van der Waals surface area contributed by atoms with Gasteiger partial charge in [-0.3, -0.25) is 14.3 Å². The van der Waals surface area contributed by atoms with Crippen molar-refractivity contribution in [2.24, 2.45) is 7.05 Å². The second kappa shape index (κ2) is 7.34. The van der Waals surface area contributed by atoms with Gasteiger partial charge in [-0.25, -0.2) is 0 Å². The van der Waals surface area contributed by atoms with Gasteiger partial charge in [0.1, 0.15) is 0 Å². The maximum atomic E-state index is 12.2. The van der Waals surface area contributed by atoms with E-state index in [4.69, 9.17) is 0 Å². The second-order valence-corrected chi connectivity index (χ2v) is 6.16. The molecule has 0 saturated carbocycles. The summed E-state index contributed by atoms with van der Waals surface area (Å²) in [5, 5.41) is 9.93. The van der Waals surface area contributed by atoms with Crippen LogP contribution in [-0.2, 0) is 18.3 Å². The van der Waals surface area contributed by atoms with E-state index in [2.05, 4.69) is 15.7 Å². The van der Waals surface area contributed by atoms with Crippen LogP contribution in [0.2, 0.25) is 0 Å². The third kappa shape index (κ3) is 3.79. The van der Waals surface area contributed by atoms with Crippen LogP contribution in [0.1, 0.15) is 46.1 Å². The van der Waals surface area contributed by atoms with Gasteiger partial charge in [0.25, 0.3) is 5.91 Å². The molecule has 0 bridgehead atoms. The van der Waals surface area contributed by atoms with E-state index in [9.17, 15) is 9.59 Å². The fraction of sp³-hybridized carbons (Fsp3) is 0.316. The average molecular weight is 338 g/mol. The molecule has 3 rings (SSSR count). The van der Waals surface area contributed by atoms with Gasteiger partial charge in [-0.15, -0.1) is 0 Å². The first-order valence-corrected chi connectivity index (χ1v) is 8.40. The molecule has 1 unspecified atom stereocenters. The van der Waals surface area contributed by atoms with Crippen molar-refractivity contribution in [3.8, 4) is 0 Å². The van der Waals surface area contributed by atoms with Gasteiger partial charge in [-0.05, 0) is 43.0 Å². The average Bonchev–Trinajstić information content (AvgIpc) is 3.02. The highest BCUT2D eigenvalue weighted by Gasteiger charge is 2.24. The van der Waals surface area contributed by atoms with Crippen molar-refractivity contribution in [3.05, 3.63) is 58.9 Å². The van der Waals surface area contributed by atoms with Crippen molar-refractivity contribution in [1.29, 1.82) is 0 Å². The van der Waals surface area contributed by atoms with Crippen LogP contribution >= 0.6 is 0 Å². The van der Waals surface area contributed by atoms with Gasteiger partial charge >= 0.3 is 0 Å². The SMILES string of the molecule is CNC(=O)c1ccc(/C=C/C(=O)NC2CCCc3c2cnn3C)cc1. The van der Waals surface area contributed by atoms with Gasteiger partial charge in [0.2, 0.25) is 5.91 Å². The molecule has 0 radical (unpaired) electrons. The zero-order chi connectivity index (χ0) is 17.8. The van der Waals surface area contributed by atoms with E-state index in [0.717, 1.165) is 30.4 Å². The molecular weight excluding hydrogens is 316 g/mol. The molecule has 1 aliphatic carbocycles. The number of aryl methyl sites for hydroxylation is 1. The van der Waals surface area contributed by atoms with Crippen molar-refractivity contribution in [3.63, 3.8) is 0 Å². The van der Waals surface area contributed by atoms with E-state index in [1.807, 2.05) is 30.1 Å². The fourth-order valence-electron chi connectivity index (χ4n) is 3.14. The monoisotopic (exact) mass is 338 g/mol. The molecule has 0 fully saturated rings. The summed E-state index contributed by atoms with van der Waals surface area (Å²) in [6, 6.07) is 7.12. The van der Waals surface area contributed by atoms with E-state index in [0.29, 0.717) is 5.56 Å². The summed E-state index contributed by atoms with van der Waals surface area (Å²) in [6.45, 7) is 0. The molecule has 2 N–H and O–H groups in total. The summed E-state index contributed by atoms with van der Waals surface area (Å²) in [6.07, 6.45) is 8.10. The number of carbonyl (C=O) groups excluding carboxylic acids is 2. The van der Waals surface area contributed by atoms with Crippen molar-refractivity contribution < 1.29 is 9.59 Å². The Morgan fingerprint density at radius 3 is 2.76 bits per heavy atom. The Bertz CT molecular complexity index is 805. The Kier molecular flexibility index (Phi) is 4.97. The molecule has 1 heterocycles. The number of hydrogen-bond donors (Lipinski definition) is 2. The summed E-state index contributed by atoms with van der Waals surface area (Å²) in [5.41, 5.74) is 3.78. The third-order valence-corrected chi connectivity index (χ3v) is 4.52. The molecule has 1 aromatic carbocycles. The standard InChI is InChI=1S/C19H22N4O2/c1-20-19(25)14-9-6-13(7-10-14)8-11-18(24)22-16-4-3-5-17-15(16)12-21-23(17)2/h6-12,16H,3-5H2,1-2H3,(H,20,25)(H,22,24)/b11-8+. The lowest BCUT2D eigenvalue weighted by Crippen LogP contribution is -2.29. The largest absolute Gasteiger partial charge is 0.355 e. The third-order valence-electron chi connectivity index (χ3n) is 4.52. The molecule has 25 heavy (non-hydrogen) atoms. The van der Waals surface area contributed by atoms with E-state index in [1.54, 1.807) is 25.3 Å². The summed E-state index contributed by atoms with van der Waals surface area (Å²) in [5.74, 6) is -0.255. The summed E-state index contributed by atoms with van der Waals surface area (Å²) >= 11 is 0. The van der Waals surface area contributed by atoms with Crippen LogP contribution in [0.5, 0.6) is 0 Å². The maximum Gasteiger partial charge on any atom is 0.251 e.